The molecule has 0 amide bonds. The van der Waals surface area contributed by atoms with Crippen LogP contribution in [-0.2, 0) is 0 Å². The summed E-state index contributed by atoms with van der Waals surface area (Å²) in [7, 11) is 0. The fraction of sp³-hybridized carbons (Fsp3) is 0.100. The van der Waals surface area contributed by atoms with Gasteiger partial charge in [-0.15, -0.1) is 0 Å². The van der Waals surface area contributed by atoms with Gasteiger partial charge in [-0.05, 0) is 24.6 Å². The van der Waals surface area contributed by atoms with Crippen molar-refractivity contribution in [3.63, 3.8) is 0 Å². The maximum absolute atomic E-state index is 9.71. The molecule has 0 aliphatic carbocycles. The Hall–Kier alpha value is -1.77. The second kappa shape index (κ2) is 2.94. The summed E-state index contributed by atoms with van der Waals surface area (Å²) >= 11 is 0. The average Bonchev–Trinajstić information content (AvgIpc) is 2.62. The smallest absolute Gasteiger partial charge is 0.144 e. The maximum atomic E-state index is 9.71. The van der Waals surface area contributed by atoms with Crippen LogP contribution in [0.2, 0.25) is 0 Å². The standard InChI is InChI=1S/C10H10N2O/c1-8-4-2-5-9(10(8)13)12-7-3-6-11-12/h2-7,13H,1H3. The van der Waals surface area contributed by atoms with Crippen molar-refractivity contribution < 1.29 is 5.11 Å². The molecule has 0 unspecified atom stereocenters. The molecule has 0 radical (unpaired) electrons. The van der Waals surface area contributed by atoms with Crippen molar-refractivity contribution in [2.45, 2.75) is 6.92 Å². The van der Waals surface area contributed by atoms with Crippen molar-refractivity contribution in [2.24, 2.45) is 0 Å². The third kappa shape index (κ3) is 1.28. The maximum Gasteiger partial charge on any atom is 0.144 e. The molecule has 0 aliphatic heterocycles. The molecule has 0 atom stereocenters. The number of aryl methyl sites for hydroxylation is 1. The van der Waals surface area contributed by atoms with E-state index in [1.165, 1.54) is 0 Å². The van der Waals surface area contributed by atoms with E-state index >= 15 is 0 Å². The van der Waals surface area contributed by atoms with Crippen molar-refractivity contribution in [1.29, 1.82) is 0 Å². The molecule has 1 aromatic heterocycles. The molecule has 0 aliphatic rings. The van der Waals surface area contributed by atoms with Crippen LogP contribution >= 0.6 is 0 Å². The number of rotatable bonds is 1. The van der Waals surface area contributed by atoms with Crippen molar-refractivity contribution in [2.75, 3.05) is 0 Å². The minimum atomic E-state index is 0.284. The zero-order valence-corrected chi connectivity index (χ0v) is 7.31. The average molecular weight is 174 g/mol. The van der Waals surface area contributed by atoms with Gasteiger partial charge >= 0.3 is 0 Å². The lowest BCUT2D eigenvalue weighted by molar-refractivity contribution is 0.466. The van der Waals surface area contributed by atoms with Crippen LogP contribution in [0, 0.1) is 6.92 Å². The summed E-state index contributed by atoms with van der Waals surface area (Å²) in [6.07, 6.45) is 3.48. The molecule has 13 heavy (non-hydrogen) atoms. The molecule has 1 heterocycles. The predicted octanol–water partition coefficient (Wildman–Crippen LogP) is 1.89. The molecule has 3 nitrogen and oxygen atoms in total. The van der Waals surface area contributed by atoms with Crippen molar-refractivity contribution >= 4 is 0 Å². The fourth-order valence-corrected chi connectivity index (χ4v) is 1.24. The molecule has 3 heteroatoms. The van der Waals surface area contributed by atoms with Crippen LogP contribution in [0.4, 0.5) is 0 Å². The zero-order chi connectivity index (χ0) is 9.26. The Morgan fingerprint density at radius 2 is 2.15 bits per heavy atom. The first-order chi connectivity index (χ1) is 6.29. The Labute approximate surface area is 76.3 Å². The number of phenols is 1. The van der Waals surface area contributed by atoms with Gasteiger partial charge in [0.15, 0.2) is 0 Å². The highest BCUT2D eigenvalue weighted by Crippen LogP contribution is 2.24. The quantitative estimate of drug-likeness (QED) is 0.716. The SMILES string of the molecule is Cc1cccc(-n2cccn2)c1O. The molecule has 1 aromatic carbocycles. The van der Waals surface area contributed by atoms with E-state index in [9.17, 15) is 5.11 Å². The van der Waals surface area contributed by atoms with Crippen LogP contribution in [0.15, 0.2) is 36.7 Å². The Morgan fingerprint density at radius 1 is 1.31 bits per heavy atom. The Morgan fingerprint density at radius 3 is 2.85 bits per heavy atom. The normalized spacial score (nSPS) is 10.2. The number of hydrogen-bond donors (Lipinski definition) is 1. The first-order valence-electron chi connectivity index (χ1n) is 4.07. The third-order valence-electron chi connectivity index (χ3n) is 1.97. The van der Waals surface area contributed by atoms with Gasteiger partial charge < -0.3 is 5.11 Å². The van der Waals surface area contributed by atoms with Crippen LogP contribution in [0.1, 0.15) is 5.56 Å². The van der Waals surface area contributed by atoms with Gasteiger partial charge in [-0.3, -0.25) is 0 Å². The molecular formula is C10H10N2O. The number of phenolic OH excluding ortho intramolecular Hbond substituents is 1. The minimum absolute atomic E-state index is 0.284. The second-order valence-electron chi connectivity index (χ2n) is 2.89. The van der Waals surface area contributed by atoms with Gasteiger partial charge in [0.05, 0.1) is 0 Å². The lowest BCUT2D eigenvalue weighted by Crippen LogP contribution is -1.95. The monoisotopic (exact) mass is 174 g/mol. The Kier molecular flexibility index (Phi) is 1.77. The van der Waals surface area contributed by atoms with E-state index in [4.69, 9.17) is 0 Å². The molecule has 1 N–H and O–H groups in total. The summed E-state index contributed by atoms with van der Waals surface area (Å²) in [5, 5.41) is 13.8. The number of benzene rings is 1. The predicted molar refractivity (Wildman–Crippen MR) is 50.0 cm³/mol. The fourth-order valence-electron chi connectivity index (χ4n) is 1.24. The van der Waals surface area contributed by atoms with Crippen molar-refractivity contribution in [3.05, 3.63) is 42.2 Å². The molecule has 0 bridgehead atoms. The summed E-state index contributed by atoms with van der Waals surface area (Å²) in [5.41, 5.74) is 1.57. The highest BCUT2D eigenvalue weighted by molar-refractivity contribution is 5.49. The van der Waals surface area contributed by atoms with Gasteiger partial charge in [-0.25, -0.2) is 4.68 Å². The van der Waals surface area contributed by atoms with Gasteiger partial charge in [0.25, 0.3) is 0 Å². The molecule has 0 fully saturated rings. The van der Waals surface area contributed by atoms with Gasteiger partial charge in [0.1, 0.15) is 11.4 Å². The van der Waals surface area contributed by atoms with E-state index in [-0.39, 0.29) is 5.75 Å². The van der Waals surface area contributed by atoms with Crippen molar-refractivity contribution in [1.82, 2.24) is 9.78 Å². The molecule has 2 rings (SSSR count). The second-order valence-corrected chi connectivity index (χ2v) is 2.89. The first kappa shape index (κ1) is 7.86. The van der Waals surface area contributed by atoms with Gasteiger partial charge in [-0.2, -0.15) is 5.10 Å². The number of aromatic hydroxyl groups is 1. The topological polar surface area (TPSA) is 38.0 Å². The van der Waals surface area contributed by atoms with Gasteiger partial charge in [0, 0.05) is 12.4 Å². The molecule has 66 valence electrons. The van der Waals surface area contributed by atoms with Crippen LogP contribution in [-0.4, -0.2) is 14.9 Å². The first-order valence-corrected chi connectivity index (χ1v) is 4.07. The number of aromatic nitrogens is 2. The van der Waals surface area contributed by atoms with E-state index in [0.29, 0.717) is 5.69 Å². The lowest BCUT2D eigenvalue weighted by Gasteiger charge is -2.05. The highest BCUT2D eigenvalue weighted by atomic mass is 16.3. The summed E-state index contributed by atoms with van der Waals surface area (Å²) in [6, 6.07) is 7.41. The van der Waals surface area contributed by atoms with E-state index in [1.807, 2.05) is 31.2 Å². The number of para-hydroxylation sites is 1. The van der Waals surface area contributed by atoms with Crippen LogP contribution in [0.5, 0.6) is 5.75 Å². The minimum Gasteiger partial charge on any atom is -0.505 e. The molecular weight excluding hydrogens is 164 g/mol. The molecule has 0 saturated carbocycles. The summed E-state index contributed by atoms with van der Waals surface area (Å²) in [5.74, 6) is 0.284. The van der Waals surface area contributed by atoms with E-state index in [0.717, 1.165) is 5.56 Å². The summed E-state index contributed by atoms with van der Waals surface area (Å²) < 4.78 is 1.64. The van der Waals surface area contributed by atoms with E-state index in [2.05, 4.69) is 5.10 Å². The molecule has 2 aromatic rings. The highest BCUT2D eigenvalue weighted by Gasteiger charge is 2.04. The third-order valence-corrected chi connectivity index (χ3v) is 1.97. The lowest BCUT2D eigenvalue weighted by atomic mass is 10.2. The largest absolute Gasteiger partial charge is 0.505 e. The number of hydrogen-bond acceptors (Lipinski definition) is 2. The van der Waals surface area contributed by atoms with E-state index in [1.54, 1.807) is 17.1 Å². The summed E-state index contributed by atoms with van der Waals surface area (Å²) in [6.45, 7) is 1.86. The zero-order valence-electron chi connectivity index (χ0n) is 7.31. The molecule has 0 spiro atoms. The van der Waals surface area contributed by atoms with Crippen LogP contribution in [0.25, 0.3) is 5.69 Å². The molecule has 0 saturated heterocycles. The summed E-state index contributed by atoms with van der Waals surface area (Å²) in [4.78, 5) is 0. The Bertz CT molecular complexity index is 407. The number of nitrogens with zero attached hydrogens (tertiary/aromatic N) is 2. The van der Waals surface area contributed by atoms with E-state index < -0.39 is 0 Å². The van der Waals surface area contributed by atoms with Gasteiger partial charge in [-0.1, -0.05) is 12.1 Å². The Balaban J connectivity index is 2.59. The van der Waals surface area contributed by atoms with Crippen LogP contribution in [0.3, 0.4) is 0 Å². The van der Waals surface area contributed by atoms with Crippen molar-refractivity contribution in [3.8, 4) is 11.4 Å². The van der Waals surface area contributed by atoms with Gasteiger partial charge in [0.2, 0.25) is 0 Å². The van der Waals surface area contributed by atoms with Crippen LogP contribution < -0.4 is 0 Å².